The highest BCUT2D eigenvalue weighted by atomic mass is 19.3. The minimum atomic E-state index is -2.79. The van der Waals surface area contributed by atoms with Gasteiger partial charge in [-0.05, 0) is 19.8 Å². The topological polar surface area (TPSA) is 38.7 Å². The molecular formula is C16H26F2O3. The average molecular weight is 304 g/mol. The highest BCUT2D eigenvalue weighted by Crippen LogP contribution is 2.23. The van der Waals surface area contributed by atoms with E-state index >= 15 is 0 Å². The largest absolute Gasteiger partial charge is 0.389 e. The summed E-state index contributed by atoms with van der Waals surface area (Å²) in [7, 11) is 1.53. The normalized spacial score (nSPS) is 36.3. The molecule has 0 aliphatic carbocycles. The Hall–Kier alpha value is -0.780. The summed E-state index contributed by atoms with van der Waals surface area (Å²) in [6.07, 6.45) is 4.99. The fraction of sp³-hybridized carbons (Fsp3) is 0.750. The molecule has 3 nitrogen and oxygen atoms in total. The highest BCUT2D eigenvalue weighted by Gasteiger charge is 2.28. The van der Waals surface area contributed by atoms with E-state index in [4.69, 9.17) is 9.47 Å². The molecule has 1 aliphatic heterocycles. The van der Waals surface area contributed by atoms with Gasteiger partial charge >= 0.3 is 0 Å². The van der Waals surface area contributed by atoms with Gasteiger partial charge in [-0.3, -0.25) is 0 Å². The molecule has 1 N–H and O–H groups in total. The number of rotatable bonds is 1. The van der Waals surface area contributed by atoms with Gasteiger partial charge in [0, 0.05) is 19.4 Å². The number of hydrogen-bond acceptors (Lipinski definition) is 3. The minimum absolute atomic E-state index is 0.147. The van der Waals surface area contributed by atoms with Crippen molar-refractivity contribution in [2.45, 2.75) is 51.2 Å². The molecule has 0 amide bonds. The van der Waals surface area contributed by atoms with E-state index in [0.717, 1.165) is 5.57 Å². The average Bonchev–Trinajstić information content (AvgIpc) is 2.40. The lowest BCUT2D eigenvalue weighted by Gasteiger charge is -2.23. The smallest absolute Gasteiger partial charge is 0.271 e. The lowest BCUT2D eigenvalue weighted by molar-refractivity contribution is -0.0789. The predicted octanol–water partition coefficient (Wildman–Crippen LogP) is 3.34. The lowest BCUT2D eigenvalue weighted by atomic mass is 9.96. The van der Waals surface area contributed by atoms with Gasteiger partial charge in [0.15, 0.2) is 0 Å². The molecular weight excluding hydrogens is 278 g/mol. The molecule has 0 bridgehead atoms. The zero-order chi connectivity index (χ0) is 15.9. The van der Waals surface area contributed by atoms with Crippen LogP contribution in [0.25, 0.3) is 0 Å². The number of aliphatic hydroxyl groups is 1. The van der Waals surface area contributed by atoms with Gasteiger partial charge in [0.25, 0.3) is 5.92 Å². The second-order valence-corrected chi connectivity index (χ2v) is 5.73. The summed E-state index contributed by atoms with van der Waals surface area (Å²) in [6.45, 7) is 3.28. The molecule has 1 unspecified atom stereocenters. The quantitative estimate of drug-likeness (QED) is 0.755. The van der Waals surface area contributed by atoms with Crippen LogP contribution in [0.5, 0.6) is 0 Å². The summed E-state index contributed by atoms with van der Waals surface area (Å²) >= 11 is 0. The van der Waals surface area contributed by atoms with Gasteiger partial charge in [-0.1, -0.05) is 30.7 Å². The van der Waals surface area contributed by atoms with Crippen molar-refractivity contribution in [1.29, 1.82) is 0 Å². The van der Waals surface area contributed by atoms with E-state index in [1.165, 1.54) is 7.11 Å². The third-order valence-corrected chi connectivity index (χ3v) is 3.58. The Labute approximate surface area is 125 Å². The van der Waals surface area contributed by atoms with Crippen LogP contribution in [-0.2, 0) is 9.47 Å². The number of hydrogen-bond donors (Lipinski definition) is 1. The van der Waals surface area contributed by atoms with E-state index in [9.17, 15) is 13.9 Å². The van der Waals surface area contributed by atoms with Crippen molar-refractivity contribution in [3.05, 3.63) is 23.8 Å². The molecule has 0 fully saturated rings. The van der Waals surface area contributed by atoms with Gasteiger partial charge in [-0.2, -0.15) is 0 Å². The maximum absolute atomic E-state index is 13.5. The summed E-state index contributed by atoms with van der Waals surface area (Å²) in [6, 6.07) is 0. The molecule has 0 aromatic heterocycles. The van der Waals surface area contributed by atoms with E-state index in [0.29, 0.717) is 12.8 Å². The van der Waals surface area contributed by atoms with Crippen LogP contribution < -0.4 is 0 Å². The number of aliphatic hydroxyl groups excluding tert-OH is 1. The van der Waals surface area contributed by atoms with Crippen molar-refractivity contribution in [2.24, 2.45) is 5.92 Å². The van der Waals surface area contributed by atoms with Crippen LogP contribution in [0.2, 0.25) is 0 Å². The molecule has 0 radical (unpaired) electrons. The van der Waals surface area contributed by atoms with E-state index in [1.54, 1.807) is 12.2 Å². The highest BCUT2D eigenvalue weighted by molar-refractivity contribution is 5.05. The first-order chi connectivity index (χ1) is 9.85. The zero-order valence-electron chi connectivity index (χ0n) is 13.0. The second-order valence-electron chi connectivity index (χ2n) is 5.73. The van der Waals surface area contributed by atoms with Crippen molar-refractivity contribution in [3.63, 3.8) is 0 Å². The maximum atomic E-state index is 13.5. The molecule has 1 aliphatic rings. The summed E-state index contributed by atoms with van der Waals surface area (Å²) in [5.41, 5.74) is 0.827. The Morgan fingerprint density at radius 3 is 2.81 bits per heavy atom. The zero-order valence-corrected chi connectivity index (χ0v) is 13.0. The van der Waals surface area contributed by atoms with Crippen molar-refractivity contribution in [1.82, 2.24) is 0 Å². The van der Waals surface area contributed by atoms with Gasteiger partial charge in [0.1, 0.15) is 12.7 Å². The first kappa shape index (κ1) is 18.3. The molecule has 0 aromatic rings. The Kier molecular flexibility index (Phi) is 7.49. The number of alkyl halides is 2. The number of methoxy groups -OCH3 is 1. The fourth-order valence-corrected chi connectivity index (χ4v) is 2.37. The van der Waals surface area contributed by atoms with Crippen molar-refractivity contribution in [3.8, 4) is 0 Å². The van der Waals surface area contributed by atoms with Crippen molar-refractivity contribution < 1.29 is 23.4 Å². The Morgan fingerprint density at radius 1 is 1.43 bits per heavy atom. The number of ether oxygens (including phenoxy) is 2. The fourth-order valence-electron chi connectivity index (χ4n) is 2.37. The van der Waals surface area contributed by atoms with Crippen LogP contribution in [0, 0.1) is 5.92 Å². The molecule has 0 spiro atoms. The molecule has 1 rings (SSSR count). The van der Waals surface area contributed by atoms with Crippen LogP contribution >= 0.6 is 0 Å². The Bertz CT molecular complexity index is 367. The van der Waals surface area contributed by atoms with Gasteiger partial charge in [-0.15, -0.1) is 0 Å². The van der Waals surface area contributed by atoms with Crippen LogP contribution in [0.15, 0.2) is 23.8 Å². The van der Waals surface area contributed by atoms with Gasteiger partial charge in [0.05, 0.1) is 12.7 Å². The second kappa shape index (κ2) is 8.61. The van der Waals surface area contributed by atoms with Crippen LogP contribution in [0.1, 0.15) is 33.1 Å². The standard InChI is InChI=1S/C16H26F2O3/c1-12-9-13(2)15(19)14(20-3)7-5-4-6-8-16(17,18)11-21-10-12/h5,7,9,13-15,19H,4,6,8,10-11H2,1-3H3/b7-5+,12-9-/t13?,14-,15-/m0/s1. The monoisotopic (exact) mass is 304 g/mol. The summed E-state index contributed by atoms with van der Waals surface area (Å²) in [5, 5.41) is 10.3. The van der Waals surface area contributed by atoms with Gasteiger partial charge in [-0.25, -0.2) is 8.78 Å². The first-order valence-electron chi connectivity index (χ1n) is 7.36. The third-order valence-electron chi connectivity index (χ3n) is 3.58. The van der Waals surface area contributed by atoms with Crippen LogP contribution in [0.4, 0.5) is 8.78 Å². The minimum Gasteiger partial charge on any atom is -0.389 e. The van der Waals surface area contributed by atoms with E-state index in [-0.39, 0.29) is 18.9 Å². The maximum Gasteiger partial charge on any atom is 0.271 e. The Morgan fingerprint density at radius 2 is 2.14 bits per heavy atom. The molecule has 0 saturated heterocycles. The van der Waals surface area contributed by atoms with E-state index < -0.39 is 24.7 Å². The van der Waals surface area contributed by atoms with E-state index in [2.05, 4.69) is 0 Å². The Balaban J connectivity index is 2.82. The number of halogens is 2. The third kappa shape index (κ3) is 6.68. The first-order valence-corrected chi connectivity index (χ1v) is 7.36. The molecule has 122 valence electrons. The number of allylic oxidation sites excluding steroid dienone is 1. The molecule has 0 saturated carbocycles. The van der Waals surface area contributed by atoms with Crippen LogP contribution in [0.3, 0.4) is 0 Å². The van der Waals surface area contributed by atoms with Crippen LogP contribution in [-0.4, -0.2) is 43.6 Å². The summed E-state index contributed by atoms with van der Waals surface area (Å²) in [5.74, 6) is -2.93. The predicted molar refractivity (Wildman–Crippen MR) is 78.5 cm³/mol. The van der Waals surface area contributed by atoms with Crippen molar-refractivity contribution >= 4 is 0 Å². The summed E-state index contributed by atoms with van der Waals surface area (Å²) in [4.78, 5) is 0. The van der Waals surface area contributed by atoms with Gasteiger partial charge < -0.3 is 14.6 Å². The molecule has 1 heterocycles. The van der Waals surface area contributed by atoms with E-state index in [1.807, 2.05) is 19.9 Å². The molecule has 3 atom stereocenters. The summed E-state index contributed by atoms with van der Waals surface area (Å²) < 4.78 is 37.5. The SMILES string of the molecule is CO[C@H]1/C=C/CCCC(F)(F)COC/C(C)=C\C(C)[C@@H]1O. The van der Waals surface area contributed by atoms with Gasteiger partial charge in [0.2, 0.25) is 0 Å². The molecule has 0 aromatic carbocycles. The molecule has 5 heteroatoms. The van der Waals surface area contributed by atoms with Crippen molar-refractivity contribution in [2.75, 3.05) is 20.3 Å². The molecule has 21 heavy (non-hydrogen) atoms. The lowest BCUT2D eigenvalue weighted by Crippen LogP contribution is -2.31.